The van der Waals surface area contributed by atoms with E-state index in [2.05, 4.69) is 30.6 Å². The fourth-order valence-electron chi connectivity index (χ4n) is 2.28. The Labute approximate surface area is 125 Å². The number of anilines is 1. The maximum Gasteiger partial charge on any atom is 0.263 e. The minimum Gasteiger partial charge on any atom is -0.262 e. The molecule has 1 heterocycles. The van der Waals surface area contributed by atoms with Crippen molar-refractivity contribution in [2.45, 2.75) is 24.2 Å². The average molecular weight is 354 g/mol. The summed E-state index contributed by atoms with van der Waals surface area (Å²) < 4.78 is 27.6. The molecular weight excluding hydrogens is 342 g/mol. The van der Waals surface area contributed by atoms with Crippen LogP contribution in [-0.4, -0.2) is 18.4 Å². The van der Waals surface area contributed by atoms with Crippen molar-refractivity contribution in [1.29, 1.82) is 0 Å². The highest BCUT2D eigenvalue weighted by Gasteiger charge is 2.19. The third-order valence-corrected chi connectivity index (χ3v) is 5.00. The van der Waals surface area contributed by atoms with Crippen LogP contribution in [0, 0.1) is 0 Å². The van der Waals surface area contributed by atoms with Crippen LogP contribution in [0.3, 0.4) is 0 Å². The predicted octanol–water partition coefficient (Wildman–Crippen LogP) is 2.53. The van der Waals surface area contributed by atoms with Crippen LogP contribution < -0.4 is 4.72 Å². The highest BCUT2D eigenvalue weighted by molar-refractivity contribution is 9.10. The van der Waals surface area contributed by atoms with Gasteiger partial charge in [-0.05, 0) is 58.5 Å². The molecule has 3 rings (SSSR count). The van der Waals surface area contributed by atoms with Crippen LogP contribution in [-0.2, 0) is 22.9 Å². The molecule has 0 bridgehead atoms. The van der Waals surface area contributed by atoms with Gasteiger partial charge in [0.05, 0.1) is 17.3 Å². The topological polar surface area (TPSA) is 72.0 Å². The van der Waals surface area contributed by atoms with Crippen molar-refractivity contribution >= 4 is 31.8 Å². The Balaban J connectivity index is 1.90. The summed E-state index contributed by atoms with van der Waals surface area (Å²) in [4.78, 5) is 8.17. The van der Waals surface area contributed by atoms with E-state index in [1.807, 2.05) is 6.07 Å². The van der Waals surface area contributed by atoms with E-state index in [-0.39, 0.29) is 10.7 Å². The predicted molar refractivity (Wildman–Crippen MR) is 79.0 cm³/mol. The number of hydrogen-bond donors (Lipinski definition) is 1. The first kappa shape index (κ1) is 13.5. The van der Waals surface area contributed by atoms with Gasteiger partial charge in [-0.15, -0.1) is 0 Å². The van der Waals surface area contributed by atoms with Gasteiger partial charge in [-0.3, -0.25) is 4.72 Å². The van der Waals surface area contributed by atoms with E-state index in [1.165, 1.54) is 18.0 Å². The largest absolute Gasteiger partial charge is 0.263 e. The number of nitrogens with zero attached hydrogens (tertiary/aromatic N) is 2. The van der Waals surface area contributed by atoms with E-state index in [9.17, 15) is 8.42 Å². The first-order chi connectivity index (χ1) is 9.54. The molecule has 1 aromatic carbocycles. The summed E-state index contributed by atoms with van der Waals surface area (Å²) in [6.07, 6.45) is 5.87. The van der Waals surface area contributed by atoms with Crippen LogP contribution in [0.5, 0.6) is 0 Å². The lowest BCUT2D eigenvalue weighted by molar-refractivity contribution is 0.601. The molecule has 0 atom stereocenters. The zero-order chi connectivity index (χ0) is 14.2. The second kappa shape index (κ2) is 5.14. The van der Waals surface area contributed by atoms with Crippen molar-refractivity contribution in [2.75, 3.05) is 4.72 Å². The fraction of sp³-hybridized carbons (Fsp3) is 0.231. The minimum absolute atomic E-state index is 0.202. The van der Waals surface area contributed by atoms with Crippen LogP contribution in [0.4, 0.5) is 5.82 Å². The minimum atomic E-state index is -3.62. The Morgan fingerprint density at radius 1 is 1.10 bits per heavy atom. The molecule has 104 valence electrons. The molecule has 0 saturated heterocycles. The number of sulfonamides is 1. The summed E-state index contributed by atoms with van der Waals surface area (Å²) in [7, 11) is -3.62. The van der Waals surface area contributed by atoms with Gasteiger partial charge < -0.3 is 0 Å². The van der Waals surface area contributed by atoms with Gasteiger partial charge >= 0.3 is 0 Å². The zero-order valence-electron chi connectivity index (χ0n) is 10.5. The zero-order valence-corrected chi connectivity index (χ0v) is 12.9. The SMILES string of the molecule is O=S(=O)(Nc1cnc(Br)cn1)c1ccc2c(c1)CCC2. The number of aromatic nitrogens is 2. The van der Waals surface area contributed by atoms with Gasteiger partial charge in [-0.1, -0.05) is 6.07 Å². The summed E-state index contributed by atoms with van der Waals surface area (Å²) in [6, 6.07) is 5.28. The number of fused-ring (bicyclic) bond motifs is 1. The lowest BCUT2D eigenvalue weighted by Crippen LogP contribution is -2.14. The number of aryl methyl sites for hydroxylation is 2. The van der Waals surface area contributed by atoms with Crippen LogP contribution in [0.25, 0.3) is 0 Å². The molecule has 1 aliphatic rings. The van der Waals surface area contributed by atoms with Crippen LogP contribution in [0.15, 0.2) is 40.1 Å². The molecule has 0 saturated carbocycles. The van der Waals surface area contributed by atoms with E-state index in [0.29, 0.717) is 4.60 Å². The molecule has 1 N–H and O–H groups in total. The molecule has 0 aliphatic heterocycles. The summed E-state index contributed by atoms with van der Waals surface area (Å²) in [5.74, 6) is 0.202. The summed E-state index contributed by atoms with van der Waals surface area (Å²) in [5.41, 5.74) is 2.36. The molecule has 0 radical (unpaired) electrons. The Bertz CT molecular complexity index is 745. The van der Waals surface area contributed by atoms with Gasteiger partial charge in [0, 0.05) is 0 Å². The molecule has 0 unspecified atom stereocenters. The van der Waals surface area contributed by atoms with Gasteiger partial charge in [-0.25, -0.2) is 18.4 Å². The molecule has 5 nitrogen and oxygen atoms in total. The number of benzene rings is 1. The van der Waals surface area contributed by atoms with Gasteiger partial charge in [0.15, 0.2) is 5.82 Å². The monoisotopic (exact) mass is 353 g/mol. The molecule has 2 aromatic rings. The van der Waals surface area contributed by atoms with Gasteiger partial charge in [0.25, 0.3) is 10.0 Å². The van der Waals surface area contributed by atoms with Crippen molar-refractivity contribution in [3.05, 3.63) is 46.3 Å². The van der Waals surface area contributed by atoms with Gasteiger partial charge in [0.1, 0.15) is 4.60 Å². The molecule has 20 heavy (non-hydrogen) atoms. The van der Waals surface area contributed by atoms with E-state index in [1.54, 1.807) is 12.1 Å². The van der Waals surface area contributed by atoms with Gasteiger partial charge in [-0.2, -0.15) is 0 Å². The van der Waals surface area contributed by atoms with Gasteiger partial charge in [0.2, 0.25) is 0 Å². The third-order valence-electron chi connectivity index (χ3n) is 3.24. The molecule has 1 aromatic heterocycles. The Morgan fingerprint density at radius 3 is 2.65 bits per heavy atom. The molecular formula is C13H12BrN3O2S. The van der Waals surface area contributed by atoms with E-state index in [4.69, 9.17) is 0 Å². The van der Waals surface area contributed by atoms with E-state index >= 15 is 0 Å². The molecule has 0 fully saturated rings. The maximum absolute atomic E-state index is 12.3. The highest BCUT2D eigenvalue weighted by Crippen LogP contribution is 2.25. The molecule has 0 amide bonds. The summed E-state index contributed by atoms with van der Waals surface area (Å²) in [6.45, 7) is 0. The first-order valence-corrected chi connectivity index (χ1v) is 8.44. The van der Waals surface area contributed by atoms with E-state index < -0.39 is 10.0 Å². The lowest BCUT2D eigenvalue weighted by atomic mass is 10.1. The third kappa shape index (κ3) is 2.69. The van der Waals surface area contributed by atoms with Crippen molar-refractivity contribution in [3.63, 3.8) is 0 Å². The fourth-order valence-corrected chi connectivity index (χ4v) is 3.52. The smallest absolute Gasteiger partial charge is 0.262 e. The second-order valence-electron chi connectivity index (χ2n) is 4.61. The van der Waals surface area contributed by atoms with Crippen LogP contribution in [0.2, 0.25) is 0 Å². The Hall–Kier alpha value is -1.47. The quantitative estimate of drug-likeness (QED) is 0.920. The van der Waals surface area contributed by atoms with Crippen molar-refractivity contribution in [2.24, 2.45) is 0 Å². The normalized spacial score (nSPS) is 14.1. The number of halogens is 1. The molecule has 7 heteroatoms. The van der Waals surface area contributed by atoms with Crippen LogP contribution >= 0.6 is 15.9 Å². The average Bonchev–Trinajstić information content (AvgIpc) is 2.88. The summed E-state index contributed by atoms with van der Waals surface area (Å²) in [5, 5.41) is 0. The maximum atomic E-state index is 12.3. The number of rotatable bonds is 3. The Morgan fingerprint density at radius 2 is 1.90 bits per heavy atom. The second-order valence-corrected chi connectivity index (χ2v) is 7.11. The molecule has 1 aliphatic carbocycles. The Kier molecular flexibility index (Phi) is 3.47. The van der Waals surface area contributed by atoms with Crippen molar-refractivity contribution < 1.29 is 8.42 Å². The van der Waals surface area contributed by atoms with Crippen molar-refractivity contribution in [3.8, 4) is 0 Å². The standard InChI is InChI=1S/C13H12BrN3O2S/c14-12-7-16-13(8-15-12)17-20(18,19)11-5-4-9-2-1-3-10(9)6-11/h4-8H,1-3H2,(H,16,17). The molecule has 0 spiro atoms. The van der Waals surface area contributed by atoms with Crippen molar-refractivity contribution in [1.82, 2.24) is 9.97 Å². The van der Waals surface area contributed by atoms with Crippen LogP contribution in [0.1, 0.15) is 17.5 Å². The summed E-state index contributed by atoms with van der Waals surface area (Å²) >= 11 is 3.15. The number of hydrogen-bond acceptors (Lipinski definition) is 4. The lowest BCUT2D eigenvalue weighted by Gasteiger charge is -2.08. The first-order valence-electron chi connectivity index (χ1n) is 6.17. The van der Waals surface area contributed by atoms with E-state index in [0.717, 1.165) is 24.8 Å². The highest BCUT2D eigenvalue weighted by atomic mass is 79.9. The number of nitrogens with one attached hydrogen (secondary N) is 1.